The third-order valence-electron chi connectivity index (χ3n) is 4.37. The lowest BCUT2D eigenvalue weighted by molar-refractivity contribution is 0.264. The molecule has 24 heavy (non-hydrogen) atoms. The molecule has 0 N–H and O–H groups in total. The van der Waals surface area contributed by atoms with Crippen molar-refractivity contribution in [3.63, 3.8) is 0 Å². The zero-order valence-electron chi connectivity index (χ0n) is 15.0. The van der Waals surface area contributed by atoms with E-state index in [1.807, 2.05) is 32.0 Å². The summed E-state index contributed by atoms with van der Waals surface area (Å²) in [5.41, 5.74) is 3.23. The van der Waals surface area contributed by atoms with Crippen molar-refractivity contribution in [1.29, 1.82) is 0 Å². The summed E-state index contributed by atoms with van der Waals surface area (Å²) in [5.74, 6) is 2.07. The van der Waals surface area contributed by atoms with Crippen LogP contribution < -0.4 is 14.2 Å². The van der Waals surface area contributed by atoms with Gasteiger partial charge in [0.2, 0.25) is 5.75 Å². The molecule has 0 amide bonds. The quantitative estimate of drug-likeness (QED) is 0.711. The van der Waals surface area contributed by atoms with Gasteiger partial charge in [0.1, 0.15) is 5.82 Å². The lowest BCUT2D eigenvalue weighted by Crippen LogP contribution is -2.06. The normalized spacial score (nSPS) is 11.9. The van der Waals surface area contributed by atoms with Gasteiger partial charge in [-0.3, -0.25) is 0 Å². The lowest BCUT2D eigenvalue weighted by Gasteiger charge is -2.19. The van der Waals surface area contributed by atoms with Crippen LogP contribution in [0.25, 0.3) is 0 Å². The average Bonchev–Trinajstić information content (AvgIpc) is 2.58. The van der Waals surface area contributed by atoms with Gasteiger partial charge in [0, 0.05) is 0 Å². The van der Waals surface area contributed by atoms with Crippen molar-refractivity contribution in [2.75, 3.05) is 20.8 Å². The van der Waals surface area contributed by atoms with Crippen molar-refractivity contribution < 1.29 is 18.6 Å². The second-order valence-corrected chi connectivity index (χ2v) is 5.97. The first-order valence-electron chi connectivity index (χ1n) is 8.08. The Bertz CT molecular complexity index is 680. The van der Waals surface area contributed by atoms with Crippen LogP contribution in [0.1, 0.15) is 36.0 Å². The predicted octanol–water partition coefficient (Wildman–Crippen LogP) is 5.03. The van der Waals surface area contributed by atoms with E-state index in [9.17, 15) is 4.39 Å². The molecule has 0 bridgehead atoms. The highest BCUT2D eigenvalue weighted by atomic mass is 19.1. The van der Waals surface area contributed by atoms with Crippen LogP contribution >= 0.6 is 0 Å². The number of rotatable bonds is 7. The van der Waals surface area contributed by atoms with E-state index in [0.29, 0.717) is 23.9 Å². The van der Waals surface area contributed by atoms with Crippen LogP contribution in [0.5, 0.6) is 17.2 Å². The third kappa shape index (κ3) is 3.99. The fourth-order valence-electron chi connectivity index (χ4n) is 2.66. The second kappa shape index (κ2) is 8.04. The maximum absolute atomic E-state index is 13.0. The van der Waals surface area contributed by atoms with Crippen LogP contribution in [0, 0.1) is 19.7 Å². The standard InChI is InChI=1S/C20H25FO3/c1-13(16-6-8-17(21)9-7-16)10-11-24-20-18(22-4)12-14(2)15(3)19(20)23-5/h6-9,12-13H,10-11H2,1-5H3. The van der Waals surface area contributed by atoms with Gasteiger partial charge in [0.25, 0.3) is 0 Å². The molecule has 0 aliphatic carbocycles. The smallest absolute Gasteiger partial charge is 0.203 e. The number of aryl methyl sites for hydroxylation is 1. The molecular formula is C20H25FO3. The number of methoxy groups -OCH3 is 2. The van der Waals surface area contributed by atoms with E-state index in [0.717, 1.165) is 23.1 Å². The lowest BCUT2D eigenvalue weighted by atomic mass is 9.98. The van der Waals surface area contributed by atoms with E-state index < -0.39 is 0 Å². The van der Waals surface area contributed by atoms with E-state index in [1.54, 1.807) is 14.2 Å². The molecule has 0 heterocycles. The summed E-state index contributed by atoms with van der Waals surface area (Å²) >= 11 is 0. The van der Waals surface area contributed by atoms with Gasteiger partial charge in [-0.2, -0.15) is 0 Å². The fourth-order valence-corrected chi connectivity index (χ4v) is 2.66. The average molecular weight is 332 g/mol. The summed E-state index contributed by atoms with van der Waals surface area (Å²) in [6.07, 6.45) is 0.810. The van der Waals surface area contributed by atoms with E-state index >= 15 is 0 Å². The van der Waals surface area contributed by atoms with Crippen LogP contribution in [0.4, 0.5) is 4.39 Å². The first-order valence-corrected chi connectivity index (χ1v) is 8.08. The predicted molar refractivity (Wildman–Crippen MR) is 93.9 cm³/mol. The molecule has 0 aliphatic rings. The highest BCUT2D eigenvalue weighted by Crippen LogP contribution is 2.41. The van der Waals surface area contributed by atoms with Crippen LogP contribution in [-0.4, -0.2) is 20.8 Å². The van der Waals surface area contributed by atoms with Crippen LogP contribution in [-0.2, 0) is 0 Å². The number of hydrogen-bond acceptors (Lipinski definition) is 3. The summed E-state index contributed by atoms with van der Waals surface area (Å²) in [6, 6.07) is 8.56. The van der Waals surface area contributed by atoms with Crippen molar-refractivity contribution in [3.05, 3.63) is 52.8 Å². The Balaban J connectivity index is 2.08. The summed E-state index contributed by atoms with van der Waals surface area (Å²) in [4.78, 5) is 0. The van der Waals surface area contributed by atoms with Crippen molar-refractivity contribution in [2.24, 2.45) is 0 Å². The molecule has 2 aromatic rings. The summed E-state index contributed by atoms with van der Waals surface area (Å²) in [7, 11) is 3.26. The topological polar surface area (TPSA) is 27.7 Å². The van der Waals surface area contributed by atoms with E-state index in [2.05, 4.69) is 6.92 Å². The molecule has 0 spiro atoms. The number of ether oxygens (including phenoxy) is 3. The Hall–Kier alpha value is -2.23. The molecule has 0 radical (unpaired) electrons. The molecule has 130 valence electrons. The second-order valence-electron chi connectivity index (χ2n) is 5.97. The van der Waals surface area contributed by atoms with Crippen LogP contribution in [0.2, 0.25) is 0 Å². The van der Waals surface area contributed by atoms with Crippen molar-refractivity contribution in [1.82, 2.24) is 0 Å². The van der Waals surface area contributed by atoms with Gasteiger partial charge < -0.3 is 14.2 Å². The van der Waals surface area contributed by atoms with Crippen molar-refractivity contribution in [2.45, 2.75) is 33.1 Å². The van der Waals surface area contributed by atoms with Gasteiger partial charge in [-0.1, -0.05) is 19.1 Å². The monoisotopic (exact) mass is 332 g/mol. The van der Waals surface area contributed by atoms with Gasteiger partial charge in [-0.25, -0.2) is 4.39 Å². The maximum Gasteiger partial charge on any atom is 0.203 e. The van der Waals surface area contributed by atoms with Gasteiger partial charge in [-0.05, 0) is 61.1 Å². The van der Waals surface area contributed by atoms with Crippen LogP contribution in [0.3, 0.4) is 0 Å². The van der Waals surface area contributed by atoms with E-state index in [-0.39, 0.29) is 11.7 Å². The molecular weight excluding hydrogens is 307 g/mol. The Morgan fingerprint density at radius 1 is 1.00 bits per heavy atom. The molecule has 2 aromatic carbocycles. The van der Waals surface area contributed by atoms with Crippen LogP contribution in [0.15, 0.2) is 30.3 Å². The van der Waals surface area contributed by atoms with E-state index in [4.69, 9.17) is 14.2 Å². The zero-order chi connectivity index (χ0) is 17.7. The molecule has 0 aliphatic heterocycles. The fraction of sp³-hybridized carbons (Fsp3) is 0.400. The maximum atomic E-state index is 13.0. The zero-order valence-corrected chi connectivity index (χ0v) is 15.0. The molecule has 1 atom stereocenters. The summed E-state index contributed by atoms with van der Waals surface area (Å²) in [6.45, 7) is 6.64. The molecule has 2 rings (SSSR count). The minimum atomic E-state index is -0.216. The molecule has 1 unspecified atom stereocenters. The highest BCUT2D eigenvalue weighted by molar-refractivity contribution is 5.58. The van der Waals surface area contributed by atoms with Gasteiger partial charge in [0.15, 0.2) is 11.5 Å². The van der Waals surface area contributed by atoms with Crippen molar-refractivity contribution >= 4 is 0 Å². The first kappa shape index (κ1) is 18.1. The minimum absolute atomic E-state index is 0.216. The van der Waals surface area contributed by atoms with Gasteiger partial charge >= 0.3 is 0 Å². The molecule has 0 saturated carbocycles. The van der Waals surface area contributed by atoms with E-state index in [1.165, 1.54) is 12.1 Å². The summed E-state index contributed by atoms with van der Waals surface area (Å²) in [5, 5.41) is 0. The number of halogens is 1. The Kier molecular flexibility index (Phi) is 6.07. The van der Waals surface area contributed by atoms with Gasteiger partial charge in [0.05, 0.1) is 20.8 Å². The third-order valence-corrected chi connectivity index (χ3v) is 4.37. The minimum Gasteiger partial charge on any atom is -0.493 e. The van der Waals surface area contributed by atoms with Gasteiger partial charge in [-0.15, -0.1) is 0 Å². The molecule has 3 nitrogen and oxygen atoms in total. The Labute approximate surface area is 143 Å². The molecule has 0 aromatic heterocycles. The number of hydrogen-bond donors (Lipinski definition) is 0. The molecule has 4 heteroatoms. The molecule has 0 saturated heterocycles. The Morgan fingerprint density at radius 2 is 1.67 bits per heavy atom. The summed E-state index contributed by atoms with van der Waals surface area (Å²) < 4.78 is 29.9. The molecule has 0 fully saturated rings. The SMILES string of the molecule is COc1cc(C)c(C)c(OC)c1OCCC(C)c1ccc(F)cc1. The Morgan fingerprint density at radius 3 is 2.25 bits per heavy atom. The highest BCUT2D eigenvalue weighted by Gasteiger charge is 2.17. The largest absolute Gasteiger partial charge is 0.493 e. The first-order chi connectivity index (χ1) is 11.5. The van der Waals surface area contributed by atoms with Crippen molar-refractivity contribution in [3.8, 4) is 17.2 Å². The number of benzene rings is 2.